The Labute approximate surface area is 108 Å². The Hall–Kier alpha value is -1.55. The van der Waals surface area contributed by atoms with Crippen LogP contribution in [0.4, 0.5) is 0 Å². The lowest BCUT2D eigenvalue weighted by Crippen LogP contribution is -2.24. The van der Waals surface area contributed by atoms with Crippen LogP contribution in [-0.4, -0.2) is 16.3 Å². The average Bonchev–Trinajstić information content (AvgIpc) is 2.85. The van der Waals surface area contributed by atoms with Crippen LogP contribution in [0.5, 0.6) is 0 Å². The summed E-state index contributed by atoms with van der Waals surface area (Å²) in [7, 11) is 1.99. The van der Waals surface area contributed by atoms with E-state index >= 15 is 0 Å². The number of furan rings is 1. The summed E-state index contributed by atoms with van der Waals surface area (Å²) in [5, 5.41) is 7.90. The fraction of sp³-hybridized carbons (Fsp3) is 0.500. The summed E-state index contributed by atoms with van der Waals surface area (Å²) in [6, 6.07) is 4.47. The first-order valence-electron chi connectivity index (χ1n) is 6.38. The maximum Gasteiger partial charge on any atom is 0.105 e. The largest absolute Gasteiger partial charge is 0.469 e. The van der Waals surface area contributed by atoms with Crippen molar-refractivity contribution in [1.29, 1.82) is 0 Å². The van der Waals surface area contributed by atoms with Crippen LogP contribution in [0.25, 0.3) is 0 Å². The van der Waals surface area contributed by atoms with Gasteiger partial charge in [-0.25, -0.2) is 0 Å². The number of aryl methyl sites for hydroxylation is 3. The molecule has 98 valence electrons. The van der Waals surface area contributed by atoms with Crippen molar-refractivity contribution in [3.63, 3.8) is 0 Å². The van der Waals surface area contributed by atoms with E-state index in [1.165, 1.54) is 11.3 Å². The molecule has 0 saturated carbocycles. The van der Waals surface area contributed by atoms with Gasteiger partial charge in [0.15, 0.2) is 0 Å². The van der Waals surface area contributed by atoms with E-state index in [4.69, 9.17) is 4.42 Å². The highest BCUT2D eigenvalue weighted by atomic mass is 16.3. The van der Waals surface area contributed by atoms with E-state index in [1.807, 2.05) is 31.6 Å². The summed E-state index contributed by atoms with van der Waals surface area (Å²) in [4.78, 5) is 0. The molecule has 4 nitrogen and oxygen atoms in total. The first kappa shape index (κ1) is 12.9. The molecule has 2 aromatic rings. The Balaban J connectivity index is 2.22. The maximum atomic E-state index is 5.40. The van der Waals surface area contributed by atoms with Gasteiger partial charge >= 0.3 is 0 Å². The van der Waals surface area contributed by atoms with Crippen LogP contribution >= 0.6 is 0 Å². The fourth-order valence-electron chi connectivity index (χ4n) is 2.36. The molecule has 0 radical (unpaired) electrons. The fourth-order valence-corrected chi connectivity index (χ4v) is 2.36. The molecule has 1 N–H and O–H groups in total. The van der Waals surface area contributed by atoms with Gasteiger partial charge in [-0.1, -0.05) is 6.92 Å². The molecule has 0 aliphatic rings. The topological polar surface area (TPSA) is 43.0 Å². The first-order chi connectivity index (χ1) is 8.61. The van der Waals surface area contributed by atoms with E-state index in [9.17, 15) is 0 Å². The molecule has 0 bridgehead atoms. The Morgan fingerprint density at radius 3 is 2.72 bits per heavy atom. The van der Waals surface area contributed by atoms with Crippen LogP contribution in [0.2, 0.25) is 0 Å². The molecule has 0 amide bonds. The molecule has 0 saturated heterocycles. The van der Waals surface area contributed by atoms with Crippen molar-refractivity contribution in [2.45, 2.75) is 33.2 Å². The zero-order valence-corrected chi connectivity index (χ0v) is 11.5. The van der Waals surface area contributed by atoms with E-state index in [-0.39, 0.29) is 6.04 Å². The van der Waals surface area contributed by atoms with Gasteiger partial charge in [-0.05, 0) is 32.5 Å². The summed E-state index contributed by atoms with van der Waals surface area (Å²) < 4.78 is 7.36. The molecule has 2 heterocycles. The second-order valence-electron chi connectivity index (χ2n) is 4.65. The second-order valence-corrected chi connectivity index (χ2v) is 4.65. The summed E-state index contributed by atoms with van der Waals surface area (Å²) in [6.45, 7) is 7.09. The van der Waals surface area contributed by atoms with Crippen LogP contribution in [-0.2, 0) is 13.5 Å². The lowest BCUT2D eigenvalue weighted by Gasteiger charge is -2.17. The molecule has 0 aromatic carbocycles. The van der Waals surface area contributed by atoms with Gasteiger partial charge in [-0.15, -0.1) is 0 Å². The zero-order chi connectivity index (χ0) is 13.1. The number of hydrogen-bond acceptors (Lipinski definition) is 3. The maximum absolute atomic E-state index is 5.40. The summed E-state index contributed by atoms with van der Waals surface area (Å²) in [6.07, 6.45) is 2.68. The third-order valence-corrected chi connectivity index (χ3v) is 3.24. The van der Waals surface area contributed by atoms with E-state index in [0.717, 1.165) is 24.4 Å². The van der Waals surface area contributed by atoms with Crippen LogP contribution < -0.4 is 5.32 Å². The summed E-state index contributed by atoms with van der Waals surface area (Å²) >= 11 is 0. The lowest BCUT2D eigenvalue weighted by atomic mass is 10.0. The van der Waals surface area contributed by atoms with Gasteiger partial charge in [-0.3, -0.25) is 4.68 Å². The van der Waals surface area contributed by atoms with Crippen molar-refractivity contribution < 1.29 is 4.42 Å². The predicted octanol–water partition coefficient (Wildman–Crippen LogP) is 2.52. The third kappa shape index (κ3) is 2.64. The standard InChI is InChI=1S/C14H21N3O/c1-5-15-14(13-6-7-18-11(13)3)9-12-8-10(2)16-17(12)4/h6-8,14-15H,5,9H2,1-4H3. The lowest BCUT2D eigenvalue weighted by molar-refractivity contribution is 0.494. The molecule has 18 heavy (non-hydrogen) atoms. The zero-order valence-electron chi connectivity index (χ0n) is 11.5. The molecule has 0 aliphatic heterocycles. The Kier molecular flexibility index (Phi) is 3.87. The Bertz CT molecular complexity index is 513. The van der Waals surface area contributed by atoms with Crippen molar-refractivity contribution in [2.24, 2.45) is 7.05 Å². The highest BCUT2D eigenvalue weighted by Gasteiger charge is 2.17. The number of rotatable bonds is 5. The van der Waals surface area contributed by atoms with E-state index in [2.05, 4.69) is 23.4 Å². The van der Waals surface area contributed by atoms with Gasteiger partial charge in [0.25, 0.3) is 0 Å². The van der Waals surface area contributed by atoms with Crippen molar-refractivity contribution in [3.05, 3.63) is 41.1 Å². The molecule has 2 rings (SSSR count). The van der Waals surface area contributed by atoms with Gasteiger partial charge in [0, 0.05) is 30.8 Å². The number of aromatic nitrogens is 2. The highest BCUT2D eigenvalue weighted by Crippen LogP contribution is 2.22. The van der Waals surface area contributed by atoms with Crippen LogP contribution in [0.3, 0.4) is 0 Å². The summed E-state index contributed by atoms with van der Waals surface area (Å²) in [5.41, 5.74) is 3.53. The molecule has 2 aromatic heterocycles. The first-order valence-corrected chi connectivity index (χ1v) is 6.38. The number of nitrogens with one attached hydrogen (secondary N) is 1. The van der Waals surface area contributed by atoms with Crippen molar-refractivity contribution in [3.8, 4) is 0 Å². The van der Waals surface area contributed by atoms with Gasteiger partial charge in [0.1, 0.15) is 5.76 Å². The van der Waals surface area contributed by atoms with Crippen LogP contribution in [0.15, 0.2) is 22.8 Å². The van der Waals surface area contributed by atoms with Crippen molar-refractivity contribution in [1.82, 2.24) is 15.1 Å². The Morgan fingerprint density at radius 2 is 2.22 bits per heavy atom. The van der Waals surface area contributed by atoms with E-state index in [0.29, 0.717) is 0 Å². The van der Waals surface area contributed by atoms with Crippen molar-refractivity contribution >= 4 is 0 Å². The monoisotopic (exact) mass is 247 g/mol. The van der Waals surface area contributed by atoms with Crippen molar-refractivity contribution in [2.75, 3.05) is 6.54 Å². The molecular formula is C14H21N3O. The number of likely N-dealkylation sites (N-methyl/N-ethyl adjacent to an activating group) is 1. The molecule has 1 atom stereocenters. The smallest absolute Gasteiger partial charge is 0.105 e. The number of nitrogens with zero attached hydrogens (tertiary/aromatic N) is 2. The third-order valence-electron chi connectivity index (χ3n) is 3.24. The van der Waals surface area contributed by atoms with E-state index < -0.39 is 0 Å². The quantitative estimate of drug-likeness (QED) is 0.883. The normalized spacial score (nSPS) is 12.9. The van der Waals surface area contributed by atoms with E-state index in [1.54, 1.807) is 6.26 Å². The van der Waals surface area contributed by atoms with Gasteiger partial charge in [0.05, 0.1) is 12.0 Å². The minimum absolute atomic E-state index is 0.281. The molecule has 4 heteroatoms. The highest BCUT2D eigenvalue weighted by molar-refractivity contribution is 5.23. The van der Waals surface area contributed by atoms with Gasteiger partial charge < -0.3 is 9.73 Å². The Morgan fingerprint density at radius 1 is 1.44 bits per heavy atom. The predicted molar refractivity (Wildman–Crippen MR) is 71.5 cm³/mol. The SMILES string of the molecule is CCNC(Cc1cc(C)nn1C)c1ccoc1C. The second kappa shape index (κ2) is 5.40. The molecule has 1 unspecified atom stereocenters. The average molecular weight is 247 g/mol. The molecular weight excluding hydrogens is 226 g/mol. The molecule has 0 fully saturated rings. The van der Waals surface area contributed by atoms with Crippen LogP contribution in [0.1, 0.15) is 35.7 Å². The minimum Gasteiger partial charge on any atom is -0.469 e. The van der Waals surface area contributed by atoms with Gasteiger partial charge in [-0.2, -0.15) is 5.10 Å². The van der Waals surface area contributed by atoms with Crippen LogP contribution in [0, 0.1) is 13.8 Å². The molecule has 0 aliphatic carbocycles. The summed E-state index contributed by atoms with van der Waals surface area (Å²) in [5.74, 6) is 0.986. The van der Waals surface area contributed by atoms with Gasteiger partial charge in [0.2, 0.25) is 0 Å². The molecule has 0 spiro atoms. The minimum atomic E-state index is 0.281. The number of hydrogen-bond donors (Lipinski definition) is 1.